The number of aryl methyl sites for hydroxylation is 3. The summed E-state index contributed by atoms with van der Waals surface area (Å²) in [5.41, 5.74) is 6.48. The van der Waals surface area contributed by atoms with Gasteiger partial charge in [0.2, 0.25) is 0 Å². The number of nitrogens with zero attached hydrogens (tertiary/aromatic N) is 1. The van der Waals surface area contributed by atoms with Crippen LogP contribution in [0.1, 0.15) is 40.9 Å². The Labute approximate surface area is 122 Å². The summed E-state index contributed by atoms with van der Waals surface area (Å²) >= 11 is 0. The van der Waals surface area contributed by atoms with Gasteiger partial charge >= 0.3 is 0 Å². The molecule has 106 valence electrons. The van der Waals surface area contributed by atoms with E-state index in [1.807, 2.05) is 12.3 Å². The summed E-state index contributed by atoms with van der Waals surface area (Å²) in [5.74, 6) is 0. The summed E-state index contributed by atoms with van der Waals surface area (Å²) in [6, 6.07) is 11.1. The number of nitrogens with one attached hydrogen (secondary N) is 1. The number of aromatic nitrogens is 1. The number of likely N-dealkylation sites (N-methyl/N-ethyl adjacent to an activating group) is 1. The van der Waals surface area contributed by atoms with Crippen LogP contribution in [0, 0.1) is 20.8 Å². The van der Waals surface area contributed by atoms with E-state index in [1.165, 1.54) is 27.9 Å². The molecule has 0 aliphatic heterocycles. The first-order valence-electron chi connectivity index (χ1n) is 7.32. The van der Waals surface area contributed by atoms with E-state index in [4.69, 9.17) is 0 Å². The second-order valence-corrected chi connectivity index (χ2v) is 5.44. The van der Waals surface area contributed by atoms with E-state index in [0.717, 1.165) is 13.0 Å². The van der Waals surface area contributed by atoms with Gasteiger partial charge < -0.3 is 5.32 Å². The molecule has 1 atom stereocenters. The average Bonchev–Trinajstić information content (AvgIpc) is 2.43. The molecule has 20 heavy (non-hydrogen) atoms. The maximum Gasteiger partial charge on any atom is 0.0451 e. The molecule has 1 aromatic heterocycles. The van der Waals surface area contributed by atoms with Gasteiger partial charge in [-0.3, -0.25) is 4.98 Å². The molecule has 2 heteroatoms. The maximum atomic E-state index is 4.54. The molecule has 0 spiro atoms. The molecule has 0 aliphatic carbocycles. The van der Waals surface area contributed by atoms with Crippen LogP contribution >= 0.6 is 0 Å². The predicted molar refractivity (Wildman–Crippen MR) is 85.0 cm³/mol. The Kier molecular flexibility index (Phi) is 4.91. The molecular weight excluding hydrogens is 244 g/mol. The van der Waals surface area contributed by atoms with Crippen LogP contribution in [0.25, 0.3) is 0 Å². The van der Waals surface area contributed by atoms with Gasteiger partial charge in [0, 0.05) is 24.4 Å². The maximum absolute atomic E-state index is 4.54. The third-order valence-corrected chi connectivity index (χ3v) is 3.78. The van der Waals surface area contributed by atoms with E-state index in [9.17, 15) is 0 Å². The standard InChI is InChI=1S/C18H24N2/c1-5-19-18(12-17-15(4)7-6-10-20-17)16-11-13(2)8-9-14(16)3/h6-11,18-19H,5,12H2,1-4H3. The Hall–Kier alpha value is -1.67. The SMILES string of the molecule is CCNC(Cc1ncccc1C)c1cc(C)ccc1C. The van der Waals surface area contributed by atoms with Gasteiger partial charge in [-0.15, -0.1) is 0 Å². The minimum absolute atomic E-state index is 0.327. The van der Waals surface area contributed by atoms with E-state index in [0.29, 0.717) is 6.04 Å². The smallest absolute Gasteiger partial charge is 0.0451 e. The highest BCUT2D eigenvalue weighted by molar-refractivity contribution is 5.34. The molecular formula is C18H24N2. The zero-order valence-corrected chi connectivity index (χ0v) is 12.9. The molecule has 0 bridgehead atoms. The van der Waals surface area contributed by atoms with Crippen molar-refractivity contribution >= 4 is 0 Å². The van der Waals surface area contributed by atoms with Crippen LogP contribution in [-0.4, -0.2) is 11.5 Å². The minimum Gasteiger partial charge on any atom is -0.310 e. The molecule has 2 rings (SSSR count). The van der Waals surface area contributed by atoms with Crippen molar-refractivity contribution in [3.63, 3.8) is 0 Å². The highest BCUT2D eigenvalue weighted by Crippen LogP contribution is 2.23. The molecule has 1 unspecified atom stereocenters. The first-order valence-corrected chi connectivity index (χ1v) is 7.32. The van der Waals surface area contributed by atoms with Crippen molar-refractivity contribution in [2.45, 2.75) is 40.2 Å². The van der Waals surface area contributed by atoms with Crippen molar-refractivity contribution < 1.29 is 0 Å². The van der Waals surface area contributed by atoms with Crippen molar-refractivity contribution in [3.05, 3.63) is 64.5 Å². The van der Waals surface area contributed by atoms with E-state index in [2.05, 4.69) is 62.3 Å². The Morgan fingerprint density at radius 2 is 1.90 bits per heavy atom. The minimum atomic E-state index is 0.327. The van der Waals surface area contributed by atoms with Gasteiger partial charge in [-0.1, -0.05) is 36.8 Å². The van der Waals surface area contributed by atoms with Crippen LogP contribution in [0.2, 0.25) is 0 Å². The number of rotatable bonds is 5. The molecule has 0 fully saturated rings. The van der Waals surface area contributed by atoms with Crippen LogP contribution in [-0.2, 0) is 6.42 Å². The van der Waals surface area contributed by atoms with Crippen LogP contribution in [0.3, 0.4) is 0 Å². The summed E-state index contributed by atoms with van der Waals surface area (Å²) in [4.78, 5) is 4.54. The van der Waals surface area contributed by atoms with Crippen LogP contribution in [0.4, 0.5) is 0 Å². The van der Waals surface area contributed by atoms with Gasteiger partial charge in [0.15, 0.2) is 0 Å². The van der Waals surface area contributed by atoms with Crippen LogP contribution < -0.4 is 5.32 Å². The molecule has 1 N–H and O–H groups in total. The fourth-order valence-electron chi connectivity index (χ4n) is 2.60. The Morgan fingerprint density at radius 1 is 1.10 bits per heavy atom. The van der Waals surface area contributed by atoms with Crippen molar-refractivity contribution in [2.24, 2.45) is 0 Å². The van der Waals surface area contributed by atoms with Crippen molar-refractivity contribution in [1.29, 1.82) is 0 Å². The van der Waals surface area contributed by atoms with Crippen LogP contribution in [0.15, 0.2) is 36.5 Å². The highest BCUT2D eigenvalue weighted by Gasteiger charge is 2.15. The predicted octanol–water partition coefficient (Wildman–Crippen LogP) is 3.90. The van der Waals surface area contributed by atoms with Gasteiger partial charge in [0.1, 0.15) is 0 Å². The summed E-state index contributed by atoms with van der Waals surface area (Å²) in [5, 5.41) is 3.60. The molecule has 0 saturated carbocycles. The van der Waals surface area contributed by atoms with E-state index in [-0.39, 0.29) is 0 Å². The normalized spacial score (nSPS) is 12.4. The summed E-state index contributed by atoms with van der Waals surface area (Å²) in [6.45, 7) is 9.59. The fourth-order valence-corrected chi connectivity index (χ4v) is 2.60. The molecule has 1 aromatic carbocycles. The lowest BCUT2D eigenvalue weighted by atomic mass is 9.94. The second kappa shape index (κ2) is 6.67. The molecule has 0 aliphatic rings. The lowest BCUT2D eigenvalue weighted by Gasteiger charge is -2.21. The molecule has 0 amide bonds. The number of hydrogen-bond donors (Lipinski definition) is 1. The largest absolute Gasteiger partial charge is 0.310 e. The molecule has 0 radical (unpaired) electrons. The summed E-state index contributed by atoms with van der Waals surface area (Å²) in [7, 11) is 0. The molecule has 0 saturated heterocycles. The third kappa shape index (κ3) is 3.45. The van der Waals surface area contributed by atoms with E-state index < -0.39 is 0 Å². The number of benzene rings is 1. The topological polar surface area (TPSA) is 24.9 Å². The van der Waals surface area contributed by atoms with E-state index in [1.54, 1.807) is 0 Å². The lowest BCUT2D eigenvalue weighted by molar-refractivity contribution is 0.540. The first kappa shape index (κ1) is 14.7. The fraction of sp³-hybridized carbons (Fsp3) is 0.389. The Bertz CT molecular complexity index is 575. The van der Waals surface area contributed by atoms with Gasteiger partial charge in [0.25, 0.3) is 0 Å². The monoisotopic (exact) mass is 268 g/mol. The first-order chi connectivity index (χ1) is 9.61. The van der Waals surface area contributed by atoms with Crippen LogP contribution in [0.5, 0.6) is 0 Å². The zero-order chi connectivity index (χ0) is 14.5. The number of hydrogen-bond acceptors (Lipinski definition) is 2. The van der Waals surface area contributed by atoms with Crippen molar-refractivity contribution in [3.8, 4) is 0 Å². The second-order valence-electron chi connectivity index (χ2n) is 5.44. The van der Waals surface area contributed by atoms with Crippen molar-refractivity contribution in [2.75, 3.05) is 6.54 Å². The molecule has 1 heterocycles. The lowest BCUT2D eigenvalue weighted by Crippen LogP contribution is -2.24. The number of pyridine rings is 1. The molecule has 2 nitrogen and oxygen atoms in total. The molecule has 2 aromatic rings. The van der Waals surface area contributed by atoms with Gasteiger partial charge in [-0.25, -0.2) is 0 Å². The third-order valence-electron chi connectivity index (χ3n) is 3.78. The summed E-state index contributed by atoms with van der Waals surface area (Å²) < 4.78 is 0. The Morgan fingerprint density at radius 3 is 2.60 bits per heavy atom. The zero-order valence-electron chi connectivity index (χ0n) is 12.9. The van der Waals surface area contributed by atoms with Gasteiger partial charge in [-0.05, 0) is 50.1 Å². The van der Waals surface area contributed by atoms with Crippen molar-refractivity contribution in [1.82, 2.24) is 10.3 Å². The van der Waals surface area contributed by atoms with Gasteiger partial charge in [-0.2, -0.15) is 0 Å². The Balaban J connectivity index is 2.32. The quantitative estimate of drug-likeness (QED) is 0.889. The average molecular weight is 268 g/mol. The van der Waals surface area contributed by atoms with E-state index >= 15 is 0 Å². The summed E-state index contributed by atoms with van der Waals surface area (Å²) in [6.07, 6.45) is 2.82. The highest BCUT2D eigenvalue weighted by atomic mass is 14.9. The van der Waals surface area contributed by atoms with Gasteiger partial charge in [0.05, 0.1) is 0 Å².